The first-order valence-electron chi connectivity index (χ1n) is 6.92. The topological polar surface area (TPSA) is 80.1 Å². The Morgan fingerprint density at radius 2 is 2.10 bits per heavy atom. The third-order valence-electron chi connectivity index (χ3n) is 3.66. The Hall–Kier alpha value is -1.80. The summed E-state index contributed by atoms with van der Waals surface area (Å²) >= 11 is 0. The van der Waals surface area contributed by atoms with Gasteiger partial charge in [-0.15, -0.1) is 0 Å². The molecule has 0 aliphatic carbocycles. The van der Waals surface area contributed by atoms with Gasteiger partial charge in [-0.2, -0.15) is 5.26 Å². The molecule has 1 rings (SSSR count). The fourth-order valence-electron chi connectivity index (χ4n) is 2.56. The van der Waals surface area contributed by atoms with Crippen molar-refractivity contribution in [3.05, 3.63) is 27.0 Å². The van der Waals surface area contributed by atoms with Crippen molar-refractivity contribution < 1.29 is 5.11 Å². The first-order valence-corrected chi connectivity index (χ1v) is 6.92. The van der Waals surface area contributed by atoms with E-state index in [4.69, 9.17) is 5.26 Å². The van der Waals surface area contributed by atoms with Crippen molar-refractivity contribution in [3.63, 3.8) is 0 Å². The van der Waals surface area contributed by atoms with Crippen molar-refractivity contribution in [1.82, 2.24) is 9.88 Å². The Morgan fingerprint density at radius 1 is 1.45 bits per heavy atom. The van der Waals surface area contributed by atoms with Crippen molar-refractivity contribution >= 4 is 0 Å². The van der Waals surface area contributed by atoms with Crippen LogP contribution in [0.2, 0.25) is 0 Å². The monoisotopic (exact) mass is 277 g/mol. The average molecular weight is 277 g/mol. The van der Waals surface area contributed by atoms with Gasteiger partial charge in [0, 0.05) is 5.56 Å². The predicted octanol–water partition coefficient (Wildman–Crippen LogP) is 2.10. The van der Waals surface area contributed by atoms with E-state index in [9.17, 15) is 9.90 Å². The van der Waals surface area contributed by atoms with Crippen molar-refractivity contribution in [2.45, 2.75) is 39.0 Å². The van der Waals surface area contributed by atoms with E-state index < -0.39 is 5.56 Å². The second-order valence-corrected chi connectivity index (χ2v) is 5.38. The number of aromatic hydroxyl groups is 1. The molecule has 1 unspecified atom stereocenters. The zero-order valence-electron chi connectivity index (χ0n) is 12.7. The Balaban J connectivity index is 3.10. The number of aromatic nitrogens is 1. The van der Waals surface area contributed by atoms with Gasteiger partial charge in [0.1, 0.15) is 11.6 Å². The van der Waals surface area contributed by atoms with Gasteiger partial charge in [0.25, 0.3) is 5.56 Å². The van der Waals surface area contributed by atoms with Crippen molar-refractivity contribution in [2.75, 3.05) is 20.6 Å². The molecule has 0 saturated heterocycles. The highest BCUT2D eigenvalue weighted by molar-refractivity contribution is 5.46. The van der Waals surface area contributed by atoms with Crippen LogP contribution in [0.25, 0.3) is 0 Å². The fourth-order valence-corrected chi connectivity index (χ4v) is 2.56. The van der Waals surface area contributed by atoms with Crippen LogP contribution in [0.3, 0.4) is 0 Å². The van der Waals surface area contributed by atoms with Crippen LogP contribution >= 0.6 is 0 Å². The van der Waals surface area contributed by atoms with Crippen LogP contribution in [0.15, 0.2) is 4.79 Å². The zero-order chi connectivity index (χ0) is 15.3. The van der Waals surface area contributed by atoms with E-state index in [1.54, 1.807) is 6.92 Å². The normalized spacial score (nSPS) is 12.4. The Morgan fingerprint density at radius 3 is 2.60 bits per heavy atom. The molecule has 0 aliphatic rings. The minimum Gasteiger partial charge on any atom is -0.494 e. The summed E-state index contributed by atoms with van der Waals surface area (Å²) in [4.78, 5) is 16.1. The molecule has 0 aromatic carbocycles. The second kappa shape index (κ2) is 7.11. The number of hydrogen-bond donors (Lipinski definition) is 2. The number of aromatic amines is 1. The van der Waals surface area contributed by atoms with Crippen molar-refractivity contribution in [1.29, 1.82) is 5.26 Å². The molecule has 0 radical (unpaired) electrons. The first-order chi connectivity index (χ1) is 9.42. The predicted molar refractivity (Wildman–Crippen MR) is 79.0 cm³/mol. The van der Waals surface area contributed by atoms with Crippen molar-refractivity contribution in [3.8, 4) is 11.9 Å². The molecular weight excluding hydrogens is 254 g/mol. The van der Waals surface area contributed by atoms with E-state index >= 15 is 0 Å². The third kappa shape index (κ3) is 3.61. The number of H-pyrrole nitrogens is 1. The molecule has 1 aromatic rings. The number of nitrogens with zero attached hydrogens (tertiary/aromatic N) is 2. The lowest BCUT2D eigenvalue weighted by Gasteiger charge is -2.20. The Labute approximate surface area is 119 Å². The quantitative estimate of drug-likeness (QED) is 0.834. The summed E-state index contributed by atoms with van der Waals surface area (Å²) in [5.41, 5.74) is 0.895. The molecule has 0 amide bonds. The molecule has 1 heterocycles. The van der Waals surface area contributed by atoms with Crippen LogP contribution in [0, 0.1) is 18.3 Å². The smallest absolute Gasteiger partial charge is 0.268 e. The van der Waals surface area contributed by atoms with Crippen LogP contribution in [-0.4, -0.2) is 35.6 Å². The van der Waals surface area contributed by atoms with E-state index in [-0.39, 0.29) is 17.4 Å². The molecule has 1 aromatic heterocycles. The van der Waals surface area contributed by atoms with Gasteiger partial charge in [-0.1, -0.05) is 6.92 Å². The van der Waals surface area contributed by atoms with E-state index in [0.29, 0.717) is 11.1 Å². The van der Waals surface area contributed by atoms with Crippen LogP contribution in [0.4, 0.5) is 0 Å². The SMILES string of the molecule is CCC(CCCN(C)C)c1c(O)[nH]c(=O)c(C#N)c1C. The van der Waals surface area contributed by atoms with Gasteiger partial charge in [0.05, 0.1) is 0 Å². The highest BCUT2D eigenvalue weighted by Crippen LogP contribution is 2.33. The lowest BCUT2D eigenvalue weighted by Crippen LogP contribution is -2.17. The average Bonchev–Trinajstić information content (AvgIpc) is 2.36. The van der Waals surface area contributed by atoms with Gasteiger partial charge in [-0.05, 0) is 58.3 Å². The van der Waals surface area contributed by atoms with Crippen LogP contribution in [0.5, 0.6) is 5.88 Å². The third-order valence-corrected chi connectivity index (χ3v) is 3.66. The highest BCUT2D eigenvalue weighted by atomic mass is 16.3. The van der Waals surface area contributed by atoms with E-state index in [1.165, 1.54) is 0 Å². The molecular formula is C15H23N3O2. The lowest BCUT2D eigenvalue weighted by atomic mass is 9.88. The first kappa shape index (κ1) is 16.3. The number of hydrogen-bond acceptors (Lipinski definition) is 4. The molecule has 5 heteroatoms. The molecule has 110 valence electrons. The summed E-state index contributed by atoms with van der Waals surface area (Å²) in [5, 5.41) is 19.1. The van der Waals surface area contributed by atoms with E-state index in [1.807, 2.05) is 20.2 Å². The molecule has 0 spiro atoms. The highest BCUT2D eigenvalue weighted by Gasteiger charge is 2.20. The Bertz CT molecular complexity index is 555. The van der Waals surface area contributed by atoms with Gasteiger partial charge in [0.2, 0.25) is 0 Å². The molecule has 0 fully saturated rings. The van der Waals surface area contributed by atoms with Gasteiger partial charge < -0.3 is 10.0 Å². The molecule has 5 nitrogen and oxygen atoms in total. The maximum Gasteiger partial charge on any atom is 0.268 e. The van der Waals surface area contributed by atoms with Gasteiger partial charge in [0.15, 0.2) is 5.88 Å². The maximum absolute atomic E-state index is 11.6. The fraction of sp³-hybridized carbons (Fsp3) is 0.600. The minimum absolute atomic E-state index is 0.0943. The number of rotatable bonds is 6. The summed E-state index contributed by atoms with van der Waals surface area (Å²) in [6.07, 6.45) is 2.78. The molecule has 1 atom stereocenters. The zero-order valence-corrected chi connectivity index (χ0v) is 12.7. The second-order valence-electron chi connectivity index (χ2n) is 5.38. The van der Waals surface area contributed by atoms with E-state index in [0.717, 1.165) is 25.8 Å². The number of pyridine rings is 1. The minimum atomic E-state index is -0.519. The molecule has 0 saturated carbocycles. The van der Waals surface area contributed by atoms with Gasteiger partial charge in [-0.25, -0.2) is 0 Å². The van der Waals surface area contributed by atoms with Crippen molar-refractivity contribution in [2.24, 2.45) is 0 Å². The molecule has 2 N–H and O–H groups in total. The lowest BCUT2D eigenvalue weighted by molar-refractivity contribution is 0.378. The molecule has 0 aliphatic heterocycles. The molecule has 20 heavy (non-hydrogen) atoms. The number of nitrogens with one attached hydrogen (secondary N) is 1. The van der Waals surface area contributed by atoms with Crippen LogP contribution in [-0.2, 0) is 0 Å². The van der Waals surface area contributed by atoms with Gasteiger partial charge in [-0.3, -0.25) is 9.78 Å². The largest absolute Gasteiger partial charge is 0.494 e. The Kier molecular flexibility index (Phi) is 5.78. The summed E-state index contributed by atoms with van der Waals surface area (Å²) < 4.78 is 0. The summed E-state index contributed by atoms with van der Waals surface area (Å²) in [7, 11) is 4.05. The van der Waals surface area contributed by atoms with E-state index in [2.05, 4.69) is 16.8 Å². The molecule has 0 bridgehead atoms. The number of nitriles is 1. The van der Waals surface area contributed by atoms with Crippen LogP contribution in [0.1, 0.15) is 48.8 Å². The standard InChI is InChI=1S/C15H23N3O2/c1-5-11(7-6-8-18(3)4)13-10(2)12(9-16)14(19)17-15(13)20/h11H,5-8H2,1-4H3,(H2,17,19,20). The summed E-state index contributed by atoms with van der Waals surface area (Å²) in [6.45, 7) is 4.76. The maximum atomic E-state index is 11.6. The summed E-state index contributed by atoms with van der Waals surface area (Å²) in [6, 6.07) is 1.92. The van der Waals surface area contributed by atoms with Crippen LogP contribution < -0.4 is 5.56 Å². The summed E-state index contributed by atoms with van der Waals surface area (Å²) in [5.74, 6) is 0.0575. The van der Waals surface area contributed by atoms with Gasteiger partial charge >= 0.3 is 0 Å².